The summed E-state index contributed by atoms with van der Waals surface area (Å²) in [5, 5.41) is 14.9. The molecule has 0 aliphatic carbocycles. The third-order valence-corrected chi connectivity index (χ3v) is 3.81. The summed E-state index contributed by atoms with van der Waals surface area (Å²) in [5.41, 5.74) is 2.47. The summed E-state index contributed by atoms with van der Waals surface area (Å²) in [6.45, 7) is 2.58. The zero-order chi connectivity index (χ0) is 19.1. The van der Waals surface area contributed by atoms with Crippen molar-refractivity contribution < 1.29 is 4.79 Å². The van der Waals surface area contributed by atoms with E-state index in [0.717, 1.165) is 17.7 Å². The van der Waals surface area contributed by atoms with E-state index in [1.54, 1.807) is 30.3 Å². The molecule has 6 nitrogen and oxygen atoms in total. The molecule has 0 atom stereocenters. The van der Waals surface area contributed by atoms with Gasteiger partial charge in [0.15, 0.2) is 5.82 Å². The van der Waals surface area contributed by atoms with E-state index in [0.29, 0.717) is 29.4 Å². The molecule has 1 amide bonds. The first-order chi connectivity index (χ1) is 13.2. The van der Waals surface area contributed by atoms with Gasteiger partial charge in [0, 0.05) is 23.9 Å². The van der Waals surface area contributed by atoms with Crippen molar-refractivity contribution in [2.24, 2.45) is 0 Å². The van der Waals surface area contributed by atoms with Gasteiger partial charge in [0.1, 0.15) is 11.5 Å². The molecular weight excluding hydrogens is 338 g/mol. The largest absolute Gasteiger partial charge is 0.351 e. The molecule has 6 heteroatoms. The van der Waals surface area contributed by atoms with Crippen molar-refractivity contribution in [3.05, 3.63) is 71.9 Å². The number of anilines is 2. The fourth-order valence-electron chi connectivity index (χ4n) is 2.45. The number of nitriles is 1. The van der Waals surface area contributed by atoms with Crippen LogP contribution in [0.2, 0.25) is 0 Å². The van der Waals surface area contributed by atoms with Crippen LogP contribution in [0.1, 0.15) is 29.4 Å². The first kappa shape index (κ1) is 18.1. The minimum atomic E-state index is -0.237. The zero-order valence-corrected chi connectivity index (χ0v) is 14.9. The van der Waals surface area contributed by atoms with E-state index in [9.17, 15) is 4.79 Å². The zero-order valence-electron chi connectivity index (χ0n) is 14.9. The molecule has 1 aromatic heterocycles. The van der Waals surface area contributed by atoms with Crippen LogP contribution in [-0.4, -0.2) is 22.4 Å². The average Bonchev–Trinajstić information content (AvgIpc) is 2.73. The number of amides is 1. The van der Waals surface area contributed by atoms with Gasteiger partial charge >= 0.3 is 0 Å². The van der Waals surface area contributed by atoms with Gasteiger partial charge in [-0.15, -0.1) is 0 Å². The minimum Gasteiger partial charge on any atom is -0.351 e. The number of nitrogens with zero attached hydrogens (tertiary/aromatic N) is 3. The second-order valence-corrected chi connectivity index (χ2v) is 5.90. The number of hydrogen-bond acceptors (Lipinski definition) is 5. The molecule has 0 bridgehead atoms. The lowest BCUT2D eigenvalue weighted by Crippen LogP contribution is -2.25. The van der Waals surface area contributed by atoms with Gasteiger partial charge in [0.25, 0.3) is 5.91 Å². The van der Waals surface area contributed by atoms with Crippen LogP contribution in [-0.2, 0) is 0 Å². The molecule has 0 aliphatic rings. The Morgan fingerprint density at radius 1 is 1.07 bits per heavy atom. The lowest BCUT2D eigenvalue weighted by atomic mass is 10.2. The second kappa shape index (κ2) is 8.59. The van der Waals surface area contributed by atoms with Crippen molar-refractivity contribution in [1.82, 2.24) is 15.3 Å². The normalized spacial score (nSPS) is 10.1. The Labute approximate surface area is 157 Å². The maximum Gasteiger partial charge on any atom is 0.270 e. The van der Waals surface area contributed by atoms with Crippen LogP contribution in [0, 0.1) is 11.3 Å². The van der Waals surface area contributed by atoms with Crippen molar-refractivity contribution in [2.45, 2.75) is 13.3 Å². The molecule has 1 heterocycles. The first-order valence-electron chi connectivity index (χ1n) is 8.69. The van der Waals surface area contributed by atoms with Crippen molar-refractivity contribution in [3.63, 3.8) is 0 Å². The minimum absolute atomic E-state index is 0.237. The third-order valence-electron chi connectivity index (χ3n) is 3.81. The summed E-state index contributed by atoms with van der Waals surface area (Å²) in [5.74, 6) is 0.741. The molecule has 27 heavy (non-hydrogen) atoms. The fourth-order valence-corrected chi connectivity index (χ4v) is 2.45. The first-order valence-corrected chi connectivity index (χ1v) is 8.69. The van der Waals surface area contributed by atoms with Gasteiger partial charge in [-0.05, 0) is 30.7 Å². The number of carbonyl (C=O) groups is 1. The summed E-state index contributed by atoms with van der Waals surface area (Å²) in [4.78, 5) is 21.4. The van der Waals surface area contributed by atoms with E-state index >= 15 is 0 Å². The molecule has 134 valence electrons. The summed E-state index contributed by atoms with van der Waals surface area (Å²) in [6.07, 6.45) is 0.846. The van der Waals surface area contributed by atoms with Crippen LogP contribution in [0.3, 0.4) is 0 Å². The van der Waals surface area contributed by atoms with Gasteiger partial charge in [-0.25, -0.2) is 9.97 Å². The fraction of sp³-hybridized carbons (Fsp3) is 0.143. The van der Waals surface area contributed by atoms with Crippen molar-refractivity contribution in [1.29, 1.82) is 5.26 Å². The van der Waals surface area contributed by atoms with Crippen LogP contribution >= 0.6 is 0 Å². The van der Waals surface area contributed by atoms with E-state index in [1.165, 1.54) is 0 Å². The standard InChI is InChI=1S/C21H19N5O/c1-2-12-23-21(27)18-13-19(24-17-10-8-15(14-22)9-11-17)26-20(25-18)16-6-4-3-5-7-16/h3-11,13H,2,12H2,1H3,(H,23,27)(H,24,25,26). The smallest absolute Gasteiger partial charge is 0.270 e. The van der Waals surface area contributed by atoms with Gasteiger partial charge in [-0.2, -0.15) is 5.26 Å². The van der Waals surface area contributed by atoms with E-state index < -0.39 is 0 Å². The maximum atomic E-state index is 12.4. The number of nitrogens with one attached hydrogen (secondary N) is 2. The molecule has 2 N–H and O–H groups in total. The van der Waals surface area contributed by atoms with Gasteiger partial charge in [-0.3, -0.25) is 4.79 Å². The Balaban J connectivity index is 1.96. The van der Waals surface area contributed by atoms with Gasteiger partial charge < -0.3 is 10.6 Å². The maximum absolute atomic E-state index is 12.4. The van der Waals surface area contributed by atoms with Crippen LogP contribution in [0.15, 0.2) is 60.7 Å². The Kier molecular flexibility index (Phi) is 5.75. The molecule has 0 unspecified atom stereocenters. The van der Waals surface area contributed by atoms with Gasteiger partial charge in [0.05, 0.1) is 11.6 Å². The summed E-state index contributed by atoms with van der Waals surface area (Å²) < 4.78 is 0. The van der Waals surface area contributed by atoms with Crippen molar-refractivity contribution >= 4 is 17.4 Å². The predicted molar refractivity (Wildman–Crippen MR) is 105 cm³/mol. The third kappa shape index (κ3) is 4.67. The summed E-state index contributed by atoms with van der Waals surface area (Å²) in [7, 11) is 0. The summed E-state index contributed by atoms with van der Waals surface area (Å²) in [6, 6.07) is 20.2. The Hall–Kier alpha value is -3.72. The second-order valence-electron chi connectivity index (χ2n) is 5.90. The van der Waals surface area contributed by atoms with Crippen LogP contribution < -0.4 is 10.6 Å². The van der Waals surface area contributed by atoms with Gasteiger partial charge in [-0.1, -0.05) is 37.3 Å². The molecule has 0 spiro atoms. The highest BCUT2D eigenvalue weighted by atomic mass is 16.1. The topological polar surface area (TPSA) is 90.7 Å². The summed E-state index contributed by atoms with van der Waals surface area (Å²) >= 11 is 0. The predicted octanol–water partition coefficient (Wildman–Crippen LogP) is 3.90. The number of carbonyl (C=O) groups excluding carboxylic acids is 1. The lowest BCUT2D eigenvalue weighted by Gasteiger charge is -2.10. The van der Waals surface area contributed by atoms with Crippen molar-refractivity contribution in [3.8, 4) is 17.5 Å². The number of rotatable bonds is 6. The average molecular weight is 357 g/mol. The molecule has 0 radical (unpaired) electrons. The highest BCUT2D eigenvalue weighted by Gasteiger charge is 2.13. The van der Waals surface area contributed by atoms with Crippen LogP contribution in [0.5, 0.6) is 0 Å². The Bertz CT molecular complexity index is 962. The molecule has 2 aromatic carbocycles. The highest BCUT2D eigenvalue weighted by Crippen LogP contribution is 2.21. The number of hydrogen-bond donors (Lipinski definition) is 2. The molecule has 0 saturated heterocycles. The molecule has 0 aliphatic heterocycles. The Morgan fingerprint density at radius 3 is 2.48 bits per heavy atom. The SMILES string of the molecule is CCCNC(=O)c1cc(Nc2ccc(C#N)cc2)nc(-c2ccccc2)n1. The molecule has 3 rings (SSSR count). The molecular formula is C21H19N5O. The molecule has 0 saturated carbocycles. The molecule has 0 fully saturated rings. The number of benzene rings is 2. The monoisotopic (exact) mass is 357 g/mol. The van der Waals surface area contributed by atoms with E-state index in [4.69, 9.17) is 5.26 Å². The highest BCUT2D eigenvalue weighted by molar-refractivity contribution is 5.93. The van der Waals surface area contributed by atoms with Gasteiger partial charge in [0.2, 0.25) is 0 Å². The van der Waals surface area contributed by atoms with Crippen LogP contribution in [0.25, 0.3) is 11.4 Å². The van der Waals surface area contributed by atoms with E-state index in [1.807, 2.05) is 37.3 Å². The van der Waals surface area contributed by atoms with Crippen LogP contribution in [0.4, 0.5) is 11.5 Å². The lowest BCUT2D eigenvalue weighted by molar-refractivity contribution is 0.0948. The van der Waals surface area contributed by atoms with Crippen molar-refractivity contribution in [2.75, 3.05) is 11.9 Å². The number of aromatic nitrogens is 2. The quantitative estimate of drug-likeness (QED) is 0.698. The Morgan fingerprint density at radius 2 is 1.81 bits per heavy atom. The van der Waals surface area contributed by atoms with E-state index in [-0.39, 0.29) is 5.91 Å². The molecule has 3 aromatic rings. The van der Waals surface area contributed by atoms with E-state index in [2.05, 4.69) is 26.7 Å².